The standard InChI is InChI=1S/C31H41N5O4/c1-21-13-16-36(17-14-21)26-10-7-23(8-11-26)22(2)32-31(37)25-6-5-15-35(19-25)20-29-33-30(34-40-29)24-9-12-27(38-3)28(18-24)39-4/h7-12,18,21-22,25H,5-6,13-17,19-20H2,1-4H3,(H,32,37). The summed E-state index contributed by atoms with van der Waals surface area (Å²) in [7, 11) is 3.20. The van der Waals surface area contributed by atoms with Crippen molar-refractivity contribution in [3.8, 4) is 22.9 Å². The molecule has 2 aliphatic heterocycles. The van der Waals surface area contributed by atoms with Crippen molar-refractivity contribution in [3.63, 3.8) is 0 Å². The lowest BCUT2D eigenvalue weighted by atomic mass is 9.96. The number of benzene rings is 2. The smallest absolute Gasteiger partial charge is 0.241 e. The van der Waals surface area contributed by atoms with E-state index in [1.54, 1.807) is 14.2 Å². The van der Waals surface area contributed by atoms with Crippen LogP contribution in [-0.2, 0) is 11.3 Å². The molecule has 3 aromatic rings. The van der Waals surface area contributed by atoms with Gasteiger partial charge in [-0.25, -0.2) is 0 Å². The zero-order valence-electron chi connectivity index (χ0n) is 24.1. The van der Waals surface area contributed by atoms with Crippen LogP contribution < -0.4 is 19.7 Å². The summed E-state index contributed by atoms with van der Waals surface area (Å²) in [4.78, 5) is 22.5. The van der Waals surface area contributed by atoms with Crippen molar-refractivity contribution in [2.45, 2.75) is 52.1 Å². The van der Waals surface area contributed by atoms with Crippen molar-refractivity contribution in [2.24, 2.45) is 11.8 Å². The van der Waals surface area contributed by atoms with Gasteiger partial charge in [-0.15, -0.1) is 0 Å². The third-order valence-electron chi connectivity index (χ3n) is 8.25. The molecule has 0 bridgehead atoms. The van der Waals surface area contributed by atoms with Gasteiger partial charge in [0.25, 0.3) is 0 Å². The van der Waals surface area contributed by atoms with Crippen molar-refractivity contribution in [1.29, 1.82) is 0 Å². The minimum atomic E-state index is -0.0703. The minimum absolute atomic E-state index is 0.0432. The number of hydrogen-bond donors (Lipinski definition) is 1. The van der Waals surface area contributed by atoms with E-state index in [9.17, 15) is 4.79 Å². The highest BCUT2D eigenvalue weighted by atomic mass is 16.5. The molecule has 5 rings (SSSR count). The summed E-state index contributed by atoms with van der Waals surface area (Å²) in [6.45, 7) is 8.70. The van der Waals surface area contributed by atoms with Crippen LogP contribution in [0.4, 0.5) is 5.69 Å². The average Bonchev–Trinajstić information content (AvgIpc) is 3.45. The number of aromatic nitrogens is 2. The number of piperidine rings is 2. The van der Waals surface area contributed by atoms with Gasteiger partial charge in [-0.2, -0.15) is 4.98 Å². The molecule has 1 aromatic heterocycles. The summed E-state index contributed by atoms with van der Waals surface area (Å²) >= 11 is 0. The Kier molecular flexibility index (Phi) is 8.89. The number of nitrogens with zero attached hydrogens (tertiary/aromatic N) is 4. The molecule has 2 aliphatic rings. The fraction of sp³-hybridized carbons (Fsp3) is 0.516. The molecule has 2 aromatic carbocycles. The summed E-state index contributed by atoms with van der Waals surface area (Å²) < 4.78 is 16.3. The van der Waals surface area contributed by atoms with E-state index in [4.69, 9.17) is 14.0 Å². The highest BCUT2D eigenvalue weighted by molar-refractivity contribution is 5.79. The monoisotopic (exact) mass is 547 g/mol. The van der Waals surface area contributed by atoms with E-state index in [0.29, 0.717) is 36.3 Å². The molecule has 1 amide bonds. The van der Waals surface area contributed by atoms with Gasteiger partial charge >= 0.3 is 0 Å². The van der Waals surface area contributed by atoms with Gasteiger partial charge in [0.05, 0.1) is 32.7 Å². The first-order valence-electron chi connectivity index (χ1n) is 14.4. The fourth-order valence-corrected chi connectivity index (χ4v) is 5.67. The molecule has 2 unspecified atom stereocenters. The molecule has 9 heteroatoms. The summed E-state index contributed by atoms with van der Waals surface area (Å²) in [6.07, 6.45) is 4.32. The number of methoxy groups -OCH3 is 2. The van der Waals surface area contributed by atoms with E-state index in [1.807, 2.05) is 18.2 Å². The molecule has 214 valence electrons. The van der Waals surface area contributed by atoms with Gasteiger partial charge in [0.2, 0.25) is 17.6 Å². The van der Waals surface area contributed by atoms with E-state index in [0.717, 1.165) is 49.5 Å². The average molecular weight is 548 g/mol. The molecular formula is C31H41N5O4. The molecule has 9 nitrogen and oxygen atoms in total. The zero-order chi connectivity index (χ0) is 28.1. The Morgan fingerprint density at radius 2 is 1.80 bits per heavy atom. The Hall–Kier alpha value is -3.59. The predicted octanol–water partition coefficient (Wildman–Crippen LogP) is 5.08. The molecule has 2 fully saturated rings. The second-order valence-electron chi connectivity index (χ2n) is 11.1. The number of carbonyl (C=O) groups excluding carboxylic acids is 1. The number of nitrogens with one attached hydrogen (secondary N) is 1. The van der Waals surface area contributed by atoms with Gasteiger partial charge in [-0.1, -0.05) is 24.2 Å². The Morgan fingerprint density at radius 1 is 1.05 bits per heavy atom. The van der Waals surface area contributed by atoms with E-state index in [1.165, 1.54) is 18.5 Å². The third kappa shape index (κ3) is 6.58. The number of likely N-dealkylation sites (tertiary alicyclic amines) is 1. The normalized spacial score (nSPS) is 19.3. The molecule has 1 N–H and O–H groups in total. The lowest BCUT2D eigenvalue weighted by Gasteiger charge is -2.32. The molecule has 0 aliphatic carbocycles. The molecule has 0 radical (unpaired) electrons. The van der Waals surface area contributed by atoms with Crippen LogP contribution in [0.2, 0.25) is 0 Å². The molecular weight excluding hydrogens is 506 g/mol. The summed E-state index contributed by atoms with van der Waals surface area (Å²) in [5, 5.41) is 7.41. The van der Waals surface area contributed by atoms with Gasteiger partial charge in [0.15, 0.2) is 11.5 Å². The van der Waals surface area contributed by atoms with Crippen LogP contribution in [-0.4, -0.2) is 61.3 Å². The third-order valence-corrected chi connectivity index (χ3v) is 8.25. The lowest BCUT2D eigenvalue weighted by molar-refractivity contribution is -0.127. The van der Waals surface area contributed by atoms with E-state index in [-0.39, 0.29) is 17.9 Å². The highest BCUT2D eigenvalue weighted by Crippen LogP contribution is 2.31. The van der Waals surface area contributed by atoms with Gasteiger partial charge in [-0.3, -0.25) is 9.69 Å². The maximum absolute atomic E-state index is 13.2. The van der Waals surface area contributed by atoms with Gasteiger partial charge in [-0.05, 0) is 81.0 Å². The predicted molar refractivity (Wildman–Crippen MR) is 154 cm³/mol. The van der Waals surface area contributed by atoms with Crippen LogP contribution in [0.5, 0.6) is 11.5 Å². The number of anilines is 1. The van der Waals surface area contributed by atoms with E-state index in [2.05, 4.69) is 63.4 Å². The van der Waals surface area contributed by atoms with Crippen LogP contribution >= 0.6 is 0 Å². The molecule has 3 heterocycles. The second kappa shape index (κ2) is 12.7. The first-order valence-corrected chi connectivity index (χ1v) is 14.4. The Bertz CT molecular complexity index is 1270. The van der Waals surface area contributed by atoms with Crippen molar-refractivity contribution in [3.05, 3.63) is 53.9 Å². The van der Waals surface area contributed by atoms with Gasteiger partial charge in [0.1, 0.15) is 0 Å². The van der Waals surface area contributed by atoms with Crippen LogP contribution in [0.25, 0.3) is 11.4 Å². The molecule has 2 atom stereocenters. The highest BCUT2D eigenvalue weighted by Gasteiger charge is 2.28. The maximum atomic E-state index is 13.2. The van der Waals surface area contributed by atoms with E-state index >= 15 is 0 Å². The SMILES string of the molecule is COc1ccc(-c2noc(CN3CCCC(C(=O)NC(C)c4ccc(N5CCC(C)CC5)cc4)C3)n2)cc1OC. The van der Waals surface area contributed by atoms with Crippen LogP contribution in [0.15, 0.2) is 47.0 Å². The zero-order valence-corrected chi connectivity index (χ0v) is 24.1. The number of rotatable bonds is 9. The molecule has 0 saturated carbocycles. The van der Waals surface area contributed by atoms with Gasteiger partial charge in [0, 0.05) is 30.9 Å². The number of carbonyl (C=O) groups is 1. The minimum Gasteiger partial charge on any atom is -0.493 e. The number of amides is 1. The van der Waals surface area contributed by atoms with Crippen molar-refractivity contribution in [1.82, 2.24) is 20.4 Å². The first kappa shape index (κ1) is 28.0. The van der Waals surface area contributed by atoms with Crippen molar-refractivity contribution >= 4 is 11.6 Å². The van der Waals surface area contributed by atoms with E-state index < -0.39 is 0 Å². The molecule has 0 spiro atoms. The van der Waals surface area contributed by atoms with Crippen molar-refractivity contribution in [2.75, 3.05) is 45.3 Å². The van der Waals surface area contributed by atoms with Crippen LogP contribution in [0, 0.1) is 11.8 Å². The molecule has 2 saturated heterocycles. The van der Waals surface area contributed by atoms with Crippen molar-refractivity contribution < 1.29 is 18.8 Å². The first-order chi connectivity index (χ1) is 19.4. The lowest BCUT2D eigenvalue weighted by Crippen LogP contribution is -2.43. The Balaban J connectivity index is 1.14. The second-order valence-corrected chi connectivity index (χ2v) is 11.1. The van der Waals surface area contributed by atoms with Gasteiger partial charge < -0.3 is 24.2 Å². The number of hydrogen-bond acceptors (Lipinski definition) is 8. The largest absolute Gasteiger partial charge is 0.493 e. The summed E-state index contributed by atoms with van der Waals surface area (Å²) in [6, 6.07) is 14.2. The molecule has 40 heavy (non-hydrogen) atoms. The maximum Gasteiger partial charge on any atom is 0.241 e. The number of ether oxygens (including phenoxy) is 2. The summed E-state index contributed by atoms with van der Waals surface area (Å²) in [5.74, 6) is 3.13. The Morgan fingerprint density at radius 3 is 2.52 bits per heavy atom. The van der Waals surface area contributed by atoms with Crippen LogP contribution in [0.1, 0.15) is 57.0 Å². The Labute approximate surface area is 236 Å². The summed E-state index contributed by atoms with van der Waals surface area (Å²) in [5.41, 5.74) is 3.19. The fourth-order valence-electron chi connectivity index (χ4n) is 5.67. The topological polar surface area (TPSA) is 93.0 Å². The quantitative estimate of drug-likeness (QED) is 0.397. The van der Waals surface area contributed by atoms with Crippen LogP contribution in [0.3, 0.4) is 0 Å².